The molecule has 0 radical (unpaired) electrons. The van der Waals surface area contributed by atoms with Crippen molar-refractivity contribution in [3.05, 3.63) is 59.7 Å². The van der Waals surface area contributed by atoms with Gasteiger partial charge in [-0.1, -0.05) is 57.5 Å². The van der Waals surface area contributed by atoms with Crippen LogP contribution in [0.25, 0.3) is 0 Å². The van der Waals surface area contributed by atoms with E-state index in [-0.39, 0.29) is 34.4 Å². The third kappa shape index (κ3) is 5.32. The fraction of sp³-hybridized carbons (Fsp3) is 0.381. The first-order chi connectivity index (χ1) is 12.6. The fourth-order valence-corrected chi connectivity index (χ4v) is 4.10. The molecule has 1 amide bonds. The Hall–Kier alpha value is -2.34. The second kappa shape index (κ2) is 8.57. The van der Waals surface area contributed by atoms with Gasteiger partial charge in [-0.05, 0) is 43.0 Å². The Bertz CT molecular complexity index is 880. The van der Waals surface area contributed by atoms with E-state index in [0.717, 1.165) is 5.56 Å². The average Bonchev–Trinajstić information content (AvgIpc) is 2.59. The maximum Gasteiger partial charge on any atom is 0.261 e. The largest absolute Gasteiger partial charge is 0.349 e. The van der Waals surface area contributed by atoms with Crippen molar-refractivity contribution in [3.63, 3.8) is 0 Å². The van der Waals surface area contributed by atoms with Crippen LogP contribution in [0.4, 0.5) is 5.69 Å². The number of carbonyl (C=O) groups excluding carboxylic acids is 1. The van der Waals surface area contributed by atoms with E-state index < -0.39 is 10.0 Å². The first-order valence-corrected chi connectivity index (χ1v) is 10.6. The number of benzene rings is 2. The molecule has 0 fully saturated rings. The third-order valence-corrected chi connectivity index (χ3v) is 5.86. The standard InChI is InChI=1S/C21H28N2O3S/c1-14(2)20(15(3)4)22-21(24)18-8-6-7-9-19(18)23-27(25,26)17-12-10-16(5)11-13-17/h6-15,20,23H,1-5H3,(H,22,24). The highest BCUT2D eigenvalue weighted by Gasteiger charge is 2.23. The normalized spacial score (nSPS) is 11.9. The summed E-state index contributed by atoms with van der Waals surface area (Å²) >= 11 is 0. The summed E-state index contributed by atoms with van der Waals surface area (Å²) < 4.78 is 27.9. The van der Waals surface area contributed by atoms with Gasteiger partial charge in [-0.25, -0.2) is 8.42 Å². The van der Waals surface area contributed by atoms with Crippen LogP contribution in [-0.2, 0) is 10.0 Å². The quantitative estimate of drug-likeness (QED) is 0.746. The molecule has 0 aromatic heterocycles. The molecule has 0 aliphatic heterocycles. The average molecular weight is 389 g/mol. The van der Waals surface area contributed by atoms with Crippen molar-refractivity contribution in [2.24, 2.45) is 11.8 Å². The zero-order valence-corrected chi connectivity index (χ0v) is 17.3. The number of carbonyl (C=O) groups is 1. The molecule has 5 nitrogen and oxygen atoms in total. The summed E-state index contributed by atoms with van der Waals surface area (Å²) in [5, 5.41) is 3.03. The van der Waals surface area contributed by atoms with Gasteiger partial charge < -0.3 is 5.32 Å². The number of amides is 1. The van der Waals surface area contributed by atoms with E-state index in [4.69, 9.17) is 0 Å². The molecular formula is C21H28N2O3S. The van der Waals surface area contributed by atoms with Crippen molar-refractivity contribution < 1.29 is 13.2 Å². The molecule has 2 N–H and O–H groups in total. The molecule has 0 atom stereocenters. The smallest absolute Gasteiger partial charge is 0.261 e. The Labute approximate surface area is 162 Å². The number of anilines is 1. The molecular weight excluding hydrogens is 360 g/mol. The van der Waals surface area contributed by atoms with E-state index in [1.54, 1.807) is 48.5 Å². The summed E-state index contributed by atoms with van der Waals surface area (Å²) in [6.07, 6.45) is 0. The van der Waals surface area contributed by atoms with Gasteiger partial charge in [-0.15, -0.1) is 0 Å². The van der Waals surface area contributed by atoms with Crippen LogP contribution in [0.2, 0.25) is 0 Å². The summed E-state index contributed by atoms with van der Waals surface area (Å²) in [6, 6.07) is 13.2. The summed E-state index contributed by atoms with van der Waals surface area (Å²) in [7, 11) is -3.78. The zero-order valence-electron chi connectivity index (χ0n) is 16.5. The lowest BCUT2D eigenvalue weighted by atomic mass is 9.93. The van der Waals surface area contributed by atoms with Gasteiger partial charge in [-0.2, -0.15) is 0 Å². The van der Waals surface area contributed by atoms with Crippen molar-refractivity contribution in [1.29, 1.82) is 0 Å². The molecule has 0 saturated heterocycles. The lowest BCUT2D eigenvalue weighted by molar-refractivity contribution is 0.0911. The van der Waals surface area contributed by atoms with Gasteiger partial charge in [0, 0.05) is 6.04 Å². The fourth-order valence-electron chi connectivity index (χ4n) is 3.02. The highest BCUT2D eigenvalue weighted by molar-refractivity contribution is 7.92. The number of hydrogen-bond donors (Lipinski definition) is 2. The molecule has 0 unspecified atom stereocenters. The number of para-hydroxylation sites is 1. The summed E-state index contributed by atoms with van der Waals surface area (Å²) in [5.41, 5.74) is 1.54. The molecule has 146 valence electrons. The maximum atomic E-state index is 12.8. The van der Waals surface area contributed by atoms with Crippen molar-refractivity contribution in [2.75, 3.05) is 4.72 Å². The summed E-state index contributed by atoms with van der Waals surface area (Å²) in [4.78, 5) is 13.0. The minimum atomic E-state index is -3.78. The van der Waals surface area contributed by atoms with Crippen LogP contribution >= 0.6 is 0 Å². The number of hydrogen-bond acceptors (Lipinski definition) is 3. The van der Waals surface area contributed by atoms with Gasteiger partial charge in [0.25, 0.3) is 15.9 Å². The topological polar surface area (TPSA) is 75.3 Å². The second-order valence-electron chi connectivity index (χ2n) is 7.45. The van der Waals surface area contributed by atoms with Crippen LogP contribution in [0.5, 0.6) is 0 Å². The number of sulfonamides is 1. The molecule has 2 aromatic carbocycles. The van der Waals surface area contributed by atoms with Gasteiger partial charge in [0.1, 0.15) is 0 Å². The monoisotopic (exact) mass is 388 g/mol. The zero-order chi connectivity index (χ0) is 20.2. The SMILES string of the molecule is Cc1ccc(S(=O)(=O)Nc2ccccc2C(=O)NC(C(C)C)C(C)C)cc1. The van der Waals surface area contributed by atoms with Crippen LogP contribution in [0.15, 0.2) is 53.4 Å². The Morgan fingerprint density at radius 2 is 1.44 bits per heavy atom. The van der Waals surface area contributed by atoms with Gasteiger partial charge >= 0.3 is 0 Å². The lowest BCUT2D eigenvalue weighted by Crippen LogP contribution is -2.42. The van der Waals surface area contributed by atoms with E-state index in [9.17, 15) is 13.2 Å². The van der Waals surface area contributed by atoms with Crippen LogP contribution in [0, 0.1) is 18.8 Å². The molecule has 2 aromatic rings. The van der Waals surface area contributed by atoms with Crippen LogP contribution in [-0.4, -0.2) is 20.4 Å². The molecule has 6 heteroatoms. The minimum absolute atomic E-state index is 0.000684. The van der Waals surface area contributed by atoms with Crippen LogP contribution in [0.3, 0.4) is 0 Å². The van der Waals surface area contributed by atoms with Crippen molar-refractivity contribution in [2.45, 2.75) is 45.6 Å². The second-order valence-corrected chi connectivity index (χ2v) is 9.13. The first-order valence-electron chi connectivity index (χ1n) is 9.11. The van der Waals surface area contributed by atoms with Crippen molar-refractivity contribution in [1.82, 2.24) is 5.32 Å². The Kier molecular flexibility index (Phi) is 6.65. The summed E-state index contributed by atoms with van der Waals surface area (Å²) in [5.74, 6) is 0.250. The Morgan fingerprint density at radius 3 is 2.00 bits per heavy atom. The number of nitrogens with one attached hydrogen (secondary N) is 2. The first kappa shape index (κ1) is 21.0. The Morgan fingerprint density at radius 1 is 0.889 bits per heavy atom. The maximum absolute atomic E-state index is 12.8. The summed E-state index contributed by atoms with van der Waals surface area (Å²) in [6.45, 7) is 10.1. The van der Waals surface area contributed by atoms with E-state index in [2.05, 4.69) is 37.7 Å². The molecule has 0 bridgehead atoms. The van der Waals surface area contributed by atoms with E-state index >= 15 is 0 Å². The van der Waals surface area contributed by atoms with Gasteiger partial charge in [0.2, 0.25) is 0 Å². The predicted molar refractivity (Wildman–Crippen MR) is 109 cm³/mol. The molecule has 2 rings (SSSR count). The third-order valence-electron chi connectivity index (χ3n) is 4.48. The highest BCUT2D eigenvalue weighted by Crippen LogP contribution is 2.21. The van der Waals surface area contributed by atoms with Crippen LogP contribution < -0.4 is 10.0 Å². The predicted octanol–water partition coefficient (Wildman–Crippen LogP) is 4.21. The highest BCUT2D eigenvalue weighted by atomic mass is 32.2. The molecule has 0 spiro atoms. The molecule has 0 aliphatic carbocycles. The molecule has 27 heavy (non-hydrogen) atoms. The van der Waals surface area contributed by atoms with Gasteiger partial charge in [0.15, 0.2) is 0 Å². The van der Waals surface area contributed by atoms with E-state index in [1.807, 2.05) is 6.92 Å². The number of rotatable bonds is 7. The minimum Gasteiger partial charge on any atom is -0.349 e. The lowest BCUT2D eigenvalue weighted by Gasteiger charge is -2.26. The van der Waals surface area contributed by atoms with Crippen molar-refractivity contribution >= 4 is 21.6 Å². The number of aryl methyl sites for hydroxylation is 1. The van der Waals surface area contributed by atoms with Crippen molar-refractivity contribution in [3.8, 4) is 0 Å². The van der Waals surface area contributed by atoms with E-state index in [1.165, 1.54) is 0 Å². The van der Waals surface area contributed by atoms with Gasteiger partial charge in [0.05, 0.1) is 16.1 Å². The Balaban J connectivity index is 2.30. The van der Waals surface area contributed by atoms with E-state index in [0.29, 0.717) is 5.56 Å². The molecule has 0 heterocycles. The molecule has 0 aliphatic rings. The van der Waals surface area contributed by atoms with Crippen LogP contribution in [0.1, 0.15) is 43.6 Å². The molecule has 0 saturated carbocycles. The van der Waals surface area contributed by atoms with Gasteiger partial charge in [-0.3, -0.25) is 9.52 Å².